The maximum Gasteiger partial charge on any atom is 0.387 e. The first-order chi connectivity index (χ1) is 9.58. The van der Waals surface area contributed by atoms with Gasteiger partial charge >= 0.3 is 6.61 Å². The molecule has 0 saturated heterocycles. The molecular weight excluding hydrogens is 268 g/mol. The molecule has 0 aromatic heterocycles. The van der Waals surface area contributed by atoms with Crippen LogP contribution in [0.1, 0.15) is 12.5 Å². The highest BCUT2D eigenvalue weighted by Crippen LogP contribution is 2.25. The number of benzene rings is 1. The summed E-state index contributed by atoms with van der Waals surface area (Å²) in [7, 11) is 1.52. The van der Waals surface area contributed by atoms with Crippen LogP contribution in [0.15, 0.2) is 23.2 Å². The molecule has 2 N–H and O–H groups in total. The Morgan fingerprint density at radius 3 is 2.90 bits per heavy atom. The van der Waals surface area contributed by atoms with Crippen molar-refractivity contribution in [2.75, 3.05) is 13.7 Å². The van der Waals surface area contributed by atoms with Crippen molar-refractivity contribution >= 4 is 5.96 Å². The molecule has 0 saturated carbocycles. The van der Waals surface area contributed by atoms with Crippen molar-refractivity contribution in [2.24, 2.45) is 4.99 Å². The average Bonchev–Trinajstić information content (AvgIpc) is 2.83. The van der Waals surface area contributed by atoms with E-state index >= 15 is 0 Å². The first-order valence-corrected chi connectivity index (χ1v) is 6.25. The number of aliphatic imine (C=N–C) groups is 1. The summed E-state index contributed by atoms with van der Waals surface area (Å²) in [5, 5.41) is 6.18. The summed E-state index contributed by atoms with van der Waals surface area (Å²) >= 11 is 0. The number of ether oxygens (including phenoxy) is 2. The quantitative estimate of drug-likeness (QED) is 0.865. The Hall–Kier alpha value is -2.05. The first kappa shape index (κ1) is 14.4. The Labute approximate surface area is 116 Å². The van der Waals surface area contributed by atoms with Crippen LogP contribution in [0, 0.1) is 0 Å². The molecule has 20 heavy (non-hydrogen) atoms. The Morgan fingerprint density at radius 2 is 2.30 bits per heavy atom. The van der Waals surface area contributed by atoms with Gasteiger partial charge in [0, 0.05) is 18.2 Å². The molecule has 7 heteroatoms. The zero-order valence-corrected chi connectivity index (χ0v) is 11.3. The van der Waals surface area contributed by atoms with Crippen molar-refractivity contribution in [1.82, 2.24) is 10.6 Å². The van der Waals surface area contributed by atoms with Gasteiger partial charge < -0.3 is 20.1 Å². The minimum atomic E-state index is -2.86. The minimum absolute atomic E-state index is 0.125. The monoisotopic (exact) mass is 285 g/mol. The van der Waals surface area contributed by atoms with Gasteiger partial charge in [-0.25, -0.2) is 0 Å². The molecule has 0 bridgehead atoms. The maximum atomic E-state index is 12.4. The molecule has 1 unspecified atom stereocenters. The number of methoxy groups -OCH3 is 1. The van der Waals surface area contributed by atoms with Crippen molar-refractivity contribution in [3.8, 4) is 11.5 Å². The number of nitrogens with one attached hydrogen (secondary N) is 2. The van der Waals surface area contributed by atoms with Crippen molar-refractivity contribution in [3.63, 3.8) is 0 Å². The predicted molar refractivity (Wildman–Crippen MR) is 71.4 cm³/mol. The molecule has 2 rings (SSSR count). The second-order valence-corrected chi connectivity index (χ2v) is 4.44. The fourth-order valence-corrected chi connectivity index (χ4v) is 1.87. The van der Waals surface area contributed by atoms with E-state index in [-0.39, 0.29) is 11.8 Å². The van der Waals surface area contributed by atoms with E-state index < -0.39 is 6.61 Å². The molecule has 1 aromatic carbocycles. The van der Waals surface area contributed by atoms with Gasteiger partial charge in [0.25, 0.3) is 0 Å². The highest BCUT2D eigenvalue weighted by molar-refractivity contribution is 5.81. The van der Waals surface area contributed by atoms with E-state index in [1.165, 1.54) is 13.2 Å². The van der Waals surface area contributed by atoms with Gasteiger partial charge in [-0.1, -0.05) is 0 Å². The van der Waals surface area contributed by atoms with E-state index in [1.807, 2.05) is 6.92 Å². The molecule has 0 aliphatic carbocycles. The standard InChI is InChI=1S/C13H17F2N3O2/c1-8-6-16-13(18-8)17-7-9-5-10(19-2)3-4-11(9)20-12(14)15/h3-5,8,12H,6-7H2,1-2H3,(H2,16,17,18). The zero-order valence-electron chi connectivity index (χ0n) is 11.3. The van der Waals surface area contributed by atoms with E-state index in [1.54, 1.807) is 12.1 Å². The van der Waals surface area contributed by atoms with Crippen molar-refractivity contribution in [2.45, 2.75) is 26.1 Å². The number of hydrogen-bond donors (Lipinski definition) is 2. The third kappa shape index (κ3) is 3.72. The average molecular weight is 285 g/mol. The Kier molecular flexibility index (Phi) is 4.60. The summed E-state index contributed by atoms with van der Waals surface area (Å²) < 4.78 is 34.3. The van der Waals surface area contributed by atoms with Crippen LogP contribution in [-0.2, 0) is 6.54 Å². The van der Waals surface area contributed by atoms with Crippen molar-refractivity contribution in [1.29, 1.82) is 0 Å². The lowest BCUT2D eigenvalue weighted by Crippen LogP contribution is -2.37. The summed E-state index contributed by atoms with van der Waals surface area (Å²) in [6.45, 7) is 0.164. The molecule has 1 aliphatic rings. The molecule has 1 atom stereocenters. The third-order valence-electron chi connectivity index (χ3n) is 2.84. The molecule has 1 aliphatic heterocycles. The van der Waals surface area contributed by atoms with E-state index in [9.17, 15) is 8.78 Å². The molecule has 110 valence electrons. The largest absolute Gasteiger partial charge is 0.497 e. The molecule has 1 aromatic rings. The van der Waals surface area contributed by atoms with Gasteiger partial charge in [-0.2, -0.15) is 8.78 Å². The fraction of sp³-hybridized carbons (Fsp3) is 0.462. The molecule has 0 radical (unpaired) electrons. The zero-order chi connectivity index (χ0) is 14.5. The van der Waals surface area contributed by atoms with Gasteiger partial charge in [-0.05, 0) is 25.1 Å². The molecular formula is C13H17F2N3O2. The lowest BCUT2D eigenvalue weighted by Gasteiger charge is -2.14. The summed E-state index contributed by atoms with van der Waals surface area (Å²) in [5.74, 6) is 1.36. The highest BCUT2D eigenvalue weighted by Gasteiger charge is 2.14. The Balaban J connectivity index is 2.07. The van der Waals surface area contributed by atoms with Gasteiger partial charge in [0.1, 0.15) is 11.5 Å². The number of guanidine groups is 1. The number of hydrogen-bond acceptors (Lipinski definition) is 5. The SMILES string of the molecule is COc1ccc(OC(F)F)c(CNC2=NCC(C)N2)c1. The molecule has 0 amide bonds. The Morgan fingerprint density at radius 1 is 1.50 bits per heavy atom. The smallest absolute Gasteiger partial charge is 0.387 e. The van der Waals surface area contributed by atoms with Gasteiger partial charge in [-0.15, -0.1) is 0 Å². The van der Waals surface area contributed by atoms with Crippen LogP contribution in [-0.4, -0.2) is 32.3 Å². The van der Waals surface area contributed by atoms with Crippen LogP contribution < -0.4 is 20.1 Å². The van der Waals surface area contributed by atoms with E-state index in [0.717, 1.165) is 0 Å². The van der Waals surface area contributed by atoms with Gasteiger partial charge in [0.2, 0.25) is 0 Å². The molecule has 0 fully saturated rings. The van der Waals surface area contributed by atoms with Crippen LogP contribution in [0.3, 0.4) is 0 Å². The fourth-order valence-electron chi connectivity index (χ4n) is 1.87. The van der Waals surface area contributed by atoms with Crippen molar-refractivity contribution in [3.05, 3.63) is 23.8 Å². The third-order valence-corrected chi connectivity index (χ3v) is 2.84. The van der Waals surface area contributed by atoms with E-state index in [0.29, 0.717) is 30.4 Å². The van der Waals surface area contributed by atoms with Crippen LogP contribution in [0.5, 0.6) is 11.5 Å². The second-order valence-electron chi connectivity index (χ2n) is 4.44. The molecule has 0 spiro atoms. The number of nitrogens with zero attached hydrogens (tertiary/aromatic N) is 1. The molecule has 5 nitrogen and oxygen atoms in total. The van der Waals surface area contributed by atoms with Crippen LogP contribution in [0.4, 0.5) is 8.78 Å². The van der Waals surface area contributed by atoms with Gasteiger partial charge in [-0.3, -0.25) is 4.99 Å². The van der Waals surface area contributed by atoms with Crippen molar-refractivity contribution < 1.29 is 18.3 Å². The van der Waals surface area contributed by atoms with Crippen LogP contribution in [0.25, 0.3) is 0 Å². The lowest BCUT2D eigenvalue weighted by atomic mass is 10.2. The van der Waals surface area contributed by atoms with E-state index in [4.69, 9.17) is 4.74 Å². The lowest BCUT2D eigenvalue weighted by molar-refractivity contribution is -0.0504. The second kappa shape index (κ2) is 6.40. The molecule has 1 heterocycles. The Bertz CT molecular complexity index is 495. The number of rotatable bonds is 5. The topological polar surface area (TPSA) is 54.9 Å². The normalized spacial score (nSPS) is 17.6. The highest BCUT2D eigenvalue weighted by atomic mass is 19.3. The maximum absolute atomic E-state index is 12.4. The van der Waals surface area contributed by atoms with Gasteiger partial charge in [0.15, 0.2) is 5.96 Å². The summed E-state index contributed by atoms with van der Waals surface area (Å²) in [6.07, 6.45) is 0. The van der Waals surface area contributed by atoms with E-state index in [2.05, 4.69) is 20.4 Å². The summed E-state index contributed by atoms with van der Waals surface area (Å²) in [5.41, 5.74) is 0.578. The van der Waals surface area contributed by atoms with Crippen LogP contribution >= 0.6 is 0 Å². The first-order valence-electron chi connectivity index (χ1n) is 6.25. The van der Waals surface area contributed by atoms with Crippen LogP contribution in [0.2, 0.25) is 0 Å². The van der Waals surface area contributed by atoms with Gasteiger partial charge in [0.05, 0.1) is 13.7 Å². The number of alkyl halides is 2. The predicted octanol–water partition coefficient (Wildman–Crippen LogP) is 1.73. The number of halogens is 2. The summed E-state index contributed by atoms with van der Waals surface area (Å²) in [4.78, 5) is 4.24. The summed E-state index contributed by atoms with van der Waals surface area (Å²) in [6, 6.07) is 4.98. The minimum Gasteiger partial charge on any atom is -0.497 e.